The van der Waals surface area contributed by atoms with E-state index in [4.69, 9.17) is 11.3 Å². The monoisotopic (exact) mass is 503 g/mol. The Morgan fingerprint density at radius 2 is 1.92 bits per heavy atom. The van der Waals surface area contributed by atoms with E-state index in [0.29, 0.717) is 17.7 Å². The number of ether oxygens (including phenoxy) is 1. The van der Waals surface area contributed by atoms with Gasteiger partial charge >= 0.3 is 0 Å². The lowest BCUT2D eigenvalue weighted by atomic mass is 9.82. The van der Waals surface area contributed by atoms with E-state index >= 15 is 0 Å². The van der Waals surface area contributed by atoms with Crippen molar-refractivity contribution >= 4 is 17.3 Å². The Bertz CT molecular complexity index is 1070. The van der Waals surface area contributed by atoms with Gasteiger partial charge in [-0.15, -0.1) is 0 Å². The summed E-state index contributed by atoms with van der Waals surface area (Å²) in [5.41, 5.74) is 4.35. The number of nitrogens with one attached hydrogen (secondary N) is 2. The first kappa shape index (κ1) is 26.0. The number of rotatable bonds is 8. The molecule has 0 aromatic heterocycles. The smallest absolute Gasteiger partial charge is 0.250 e. The summed E-state index contributed by atoms with van der Waals surface area (Å²) in [6.45, 7) is 17.6. The molecule has 2 N–H and O–H groups in total. The molecule has 0 atom stereocenters. The summed E-state index contributed by atoms with van der Waals surface area (Å²) in [6.07, 6.45) is 10.9. The Labute approximate surface area is 221 Å². The van der Waals surface area contributed by atoms with Gasteiger partial charge < -0.3 is 25.2 Å². The Hall–Kier alpha value is -2.66. The second-order valence-electron chi connectivity index (χ2n) is 11.1. The van der Waals surface area contributed by atoms with Gasteiger partial charge in [0.05, 0.1) is 17.9 Å². The second kappa shape index (κ2) is 11.8. The summed E-state index contributed by atoms with van der Waals surface area (Å²) in [4.78, 5) is 21.6. The van der Waals surface area contributed by atoms with Crippen molar-refractivity contribution in [2.45, 2.75) is 57.4 Å². The summed E-state index contributed by atoms with van der Waals surface area (Å²) in [6, 6.07) is 6.62. The molecule has 1 aliphatic carbocycles. The molecule has 3 heterocycles. The average Bonchev–Trinajstić information content (AvgIpc) is 3.63. The normalized spacial score (nSPS) is 22.4. The number of allylic oxidation sites excluding steroid dienone is 2. The molecule has 0 unspecified atom stereocenters. The van der Waals surface area contributed by atoms with E-state index in [2.05, 4.69) is 50.4 Å². The number of nitrogens with zero attached hydrogens (tertiary/aromatic N) is 3. The minimum atomic E-state index is -0.112. The van der Waals surface area contributed by atoms with E-state index in [-0.39, 0.29) is 11.4 Å². The predicted molar refractivity (Wildman–Crippen MR) is 148 cm³/mol. The summed E-state index contributed by atoms with van der Waals surface area (Å²) in [7, 11) is 0. The molecule has 5 rings (SSSR count). The van der Waals surface area contributed by atoms with E-state index in [0.717, 1.165) is 82.4 Å². The van der Waals surface area contributed by atoms with Crippen LogP contribution in [-0.2, 0) is 15.1 Å². The van der Waals surface area contributed by atoms with Crippen molar-refractivity contribution in [3.05, 3.63) is 58.6 Å². The summed E-state index contributed by atoms with van der Waals surface area (Å²) in [5, 5.41) is 7.15. The number of hydrogen-bond donors (Lipinski definition) is 2. The van der Waals surface area contributed by atoms with Crippen LogP contribution in [-0.4, -0.2) is 63.3 Å². The molecule has 1 aromatic carbocycles. The number of benzene rings is 1. The number of carbonyl (C=O) groups excluding carboxylic acids is 1. The Morgan fingerprint density at radius 3 is 2.62 bits per heavy atom. The van der Waals surface area contributed by atoms with Crippen LogP contribution in [0.1, 0.15) is 57.4 Å². The van der Waals surface area contributed by atoms with Crippen LogP contribution in [0.4, 0.5) is 11.4 Å². The lowest BCUT2D eigenvalue weighted by Crippen LogP contribution is -2.49. The van der Waals surface area contributed by atoms with Crippen LogP contribution in [0.3, 0.4) is 0 Å². The van der Waals surface area contributed by atoms with Crippen LogP contribution in [0.15, 0.2) is 41.6 Å². The molecule has 37 heavy (non-hydrogen) atoms. The lowest BCUT2D eigenvalue weighted by Gasteiger charge is -2.41. The van der Waals surface area contributed by atoms with Crippen LogP contribution < -0.4 is 15.5 Å². The third kappa shape index (κ3) is 6.09. The zero-order valence-electron chi connectivity index (χ0n) is 22.2. The van der Waals surface area contributed by atoms with Gasteiger partial charge in [0.2, 0.25) is 0 Å². The van der Waals surface area contributed by atoms with Crippen molar-refractivity contribution in [2.24, 2.45) is 5.92 Å². The van der Waals surface area contributed by atoms with Crippen molar-refractivity contribution in [1.82, 2.24) is 10.2 Å². The molecule has 4 aliphatic rings. The zero-order chi connectivity index (χ0) is 25.7. The minimum Gasteiger partial charge on any atom is -0.381 e. The van der Waals surface area contributed by atoms with Gasteiger partial charge in [-0.05, 0) is 87.7 Å². The number of piperidine rings is 1. The van der Waals surface area contributed by atoms with Gasteiger partial charge in [-0.25, -0.2) is 4.85 Å². The summed E-state index contributed by atoms with van der Waals surface area (Å²) in [5.74, 6) is 0.618. The molecule has 1 aromatic rings. The van der Waals surface area contributed by atoms with Gasteiger partial charge in [0.1, 0.15) is 0 Å². The van der Waals surface area contributed by atoms with Gasteiger partial charge in [0.25, 0.3) is 5.91 Å². The SMILES string of the molecule is [C-]#[N+]C1=CCC(C(=O)Nc2ccc(C3(NCCN4CCCC4)CCOCC3)cc2N2CCC(C)CC2)=C1. The highest BCUT2D eigenvalue weighted by Crippen LogP contribution is 2.38. The fraction of sp³-hybridized carbons (Fsp3) is 0.600. The molecular formula is C30H41N5O2. The number of carbonyl (C=O) groups is 1. The van der Waals surface area contributed by atoms with Crippen molar-refractivity contribution in [1.29, 1.82) is 0 Å². The number of likely N-dealkylation sites (tertiary alicyclic amines) is 1. The fourth-order valence-electron chi connectivity index (χ4n) is 6.14. The van der Waals surface area contributed by atoms with Crippen molar-refractivity contribution in [2.75, 3.05) is 62.7 Å². The highest BCUT2D eigenvalue weighted by molar-refractivity contribution is 6.06. The molecule has 1 amide bonds. The van der Waals surface area contributed by atoms with Gasteiger partial charge in [-0.3, -0.25) is 4.79 Å². The topological polar surface area (TPSA) is 61.2 Å². The number of anilines is 2. The average molecular weight is 504 g/mol. The molecule has 0 spiro atoms. The summed E-state index contributed by atoms with van der Waals surface area (Å²) >= 11 is 0. The van der Waals surface area contributed by atoms with Gasteiger partial charge in [0.15, 0.2) is 5.70 Å². The molecule has 0 saturated carbocycles. The highest BCUT2D eigenvalue weighted by atomic mass is 16.5. The Morgan fingerprint density at radius 1 is 1.16 bits per heavy atom. The number of amides is 1. The van der Waals surface area contributed by atoms with Gasteiger partial charge in [-0.1, -0.05) is 19.1 Å². The Kier molecular flexibility index (Phi) is 8.29. The third-order valence-electron chi connectivity index (χ3n) is 8.63. The lowest BCUT2D eigenvalue weighted by molar-refractivity contribution is -0.112. The molecule has 3 aliphatic heterocycles. The van der Waals surface area contributed by atoms with Crippen molar-refractivity contribution in [3.63, 3.8) is 0 Å². The third-order valence-corrected chi connectivity index (χ3v) is 8.63. The molecule has 7 heteroatoms. The molecule has 0 radical (unpaired) electrons. The van der Waals surface area contributed by atoms with E-state index in [1.807, 2.05) is 6.08 Å². The van der Waals surface area contributed by atoms with E-state index < -0.39 is 0 Å². The van der Waals surface area contributed by atoms with Crippen molar-refractivity contribution in [3.8, 4) is 0 Å². The zero-order valence-corrected chi connectivity index (χ0v) is 22.2. The van der Waals surface area contributed by atoms with Crippen LogP contribution in [0.5, 0.6) is 0 Å². The van der Waals surface area contributed by atoms with Crippen LogP contribution in [0, 0.1) is 12.5 Å². The van der Waals surface area contributed by atoms with Crippen LogP contribution >= 0.6 is 0 Å². The van der Waals surface area contributed by atoms with Crippen molar-refractivity contribution < 1.29 is 9.53 Å². The van der Waals surface area contributed by atoms with Gasteiger partial charge in [-0.2, -0.15) is 0 Å². The quantitative estimate of drug-likeness (QED) is 0.504. The second-order valence-corrected chi connectivity index (χ2v) is 11.1. The molecule has 3 saturated heterocycles. The maximum absolute atomic E-state index is 13.1. The van der Waals surface area contributed by atoms with Crippen LogP contribution in [0.2, 0.25) is 0 Å². The molecule has 0 bridgehead atoms. The van der Waals surface area contributed by atoms with E-state index in [1.165, 1.54) is 31.5 Å². The highest BCUT2D eigenvalue weighted by Gasteiger charge is 2.35. The van der Waals surface area contributed by atoms with Crippen LogP contribution in [0.25, 0.3) is 4.85 Å². The predicted octanol–water partition coefficient (Wildman–Crippen LogP) is 4.69. The van der Waals surface area contributed by atoms with E-state index in [1.54, 1.807) is 6.08 Å². The van der Waals surface area contributed by atoms with E-state index in [9.17, 15) is 4.79 Å². The molecule has 3 fully saturated rings. The maximum Gasteiger partial charge on any atom is 0.250 e. The molecule has 7 nitrogen and oxygen atoms in total. The first-order chi connectivity index (χ1) is 18.1. The standard InChI is InChI=1S/C30H41N5O2/c1-23-9-16-35(17-10-23)28-22-25(6-8-27(28)33-29(36)24-5-7-26(21-24)31-2)30(11-19-37-20-12-30)32-13-18-34-14-3-4-15-34/h6-8,21-23,32H,3-5,9-20H2,1H3,(H,33,36). The summed E-state index contributed by atoms with van der Waals surface area (Å²) < 4.78 is 5.79. The minimum absolute atomic E-state index is 0.110. The molecule has 198 valence electrons. The first-order valence-electron chi connectivity index (χ1n) is 14.1. The maximum atomic E-state index is 13.1. The fourth-order valence-corrected chi connectivity index (χ4v) is 6.14. The Balaban J connectivity index is 1.40. The largest absolute Gasteiger partial charge is 0.381 e. The first-order valence-corrected chi connectivity index (χ1v) is 14.1. The van der Waals surface area contributed by atoms with Gasteiger partial charge in [0, 0.05) is 50.5 Å². The number of hydrogen-bond acceptors (Lipinski definition) is 5. The molecular weight excluding hydrogens is 462 g/mol.